The van der Waals surface area contributed by atoms with E-state index < -0.39 is 10.8 Å². The molecule has 0 aliphatic heterocycles. The van der Waals surface area contributed by atoms with E-state index in [4.69, 9.17) is 0 Å². The molecule has 128 valence electrons. The van der Waals surface area contributed by atoms with Crippen LogP contribution in [0, 0.1) is 10.1 Å². The van der Waals surface area contributed by atoms with Gasteiger partial charge in [-0.2, -0.15) is 0 Å². The van der Waals surface area contributed by atoms with Gasteiger partial charge in [-0.1, -0.05) is 30.3 Å². The number of nitrogens with zero attached hydrogens (tertiary/aromatic N) is 1. The number of amides is 2. The molecule has 0 heterocycles. The van der Waals surface area contributed by atoms with Gasteiger partial charge in [-0.05, 0) is 30.0 Å². The van der Waals surface area contributed by atoms with Crippen LogP contribution in [-0.2, 0) is 11.2 Å². The maximum atomic E-state index is 12.1. The molecule has 0 radical (unpaired) electrons. The van der Waals surface area contributed by atoms with Gasteiger partial charge in [0.25, 0.3) is 11.6 Å². The molecule has 1 aliphatic carbocycles. The smallest absolute Gasteiger partial charge is 0.270 e. The van der Waals surface area contributed by atoms with Crippen molar-refractivity contribution < 1.29 is 14.5 Å². The van der Waals surface area contributed by atoms with Gasteiger partial charge in [0, 0.05) is 17.7 Å². The second kappa shape index (κ2) is 7.12. The molecule has 0 fully saturated rings. The largest absolute Gasteiger partial charge is 0.348 e. The summed E-state index contributed by atoms with van der Waals surface area (Å²) in [5.41, 5.74) is 2.32. The molecular weight excluding hydrogens is 322 g/mol. The number of rotatable bonds is 5. The van der Waals surface area contributed by atoms with Gasteiger partial charge in [0.15, 0.2) is 0 Å². The molecule has 7 heteroatoms. The van der Waals surface area contributed by atoms with E-state index in [2.05, 4.69) is 10.6 Å². The fraction of sp³-hybridized carbons (Fsp3) is 0.222. The van der Waals surface area contributed by atoms with Crippen molar-refractivity contribution in [1.29, 1.82) is 0 Å². The number of fused-ring (bicyclic) bond motifs is 1. The zero-order valence-corrected chi connectivity index (χ0v) is 13.4. The molecule has 2 aromatic rings. The molecule has 1 unspecified atom stereocenters. The van der Waals surface area contributed by atoms with Gasteiger partial charge >= 0.3 is 0 Å². The monoisotopic (exact) mass is 339 g/mol. The lowest BCUT2D eigenvalue weighted by atomic mass is 10.1. The predicted molar refractivity (Wildman–Crippen MR) is 91.1 cm³/mol. The molecule has 7 nitrogen and oxygen atoms in total. The Bertz CT molecular complexity index is 835. The number of hydrogen-bond acceptors (Lipinski definition) is 4. The first kappa shape index (κ1) is 16.6. The summed E-state index contributed by atoms with van der Waals surface area (Å²) in [6, 6.07) is 13.3. The van der Waals surface area contributed by atoms with Gasteiger partial charge in [-0.15, -0.1) is 0 Å². The number of hydrogen-bond donors (Lipinski definition) is 2. The van der Waals surface area contributed by atoms with Crippen LogP contribution in [-0.4, -0.2) is 23.3 Å². The molecule has 2 N–H and O–H groups in total. The zero-order valence-electron chi connectivity index (χ0n) is 13.4. The molecule has 0 saturated carbocycles. The summed E-state index contributed by atoms with van der Waals surface area (Å²) >= 11 is 0. The molecule has 1 aliphatic rings. The van der Waals surface area contributed by atoms with Gasteiger partial charge < -0.3 is 10.6 Å². The topological polar surface area (TPSA) is 101 Å². The summed E-state index contributed by atoms with van der Waals surface area (Å²) in [7, 11) is 0. The molecule has 2 aromatic carbocycles. The Morgan fingerprint density at radius 1 is 1.16 bits per heavy atom. The summed E-state index contributed by atoms with van der Waals surface area (Å²) < 4.78 is 0. The number of nitro benzene ring substituents is 1. The maximum absolute atomic E-state index is 12.1. The first-order valence-corrected chi connectivity index (χ1v) is 7.94. The summed E-state index contributed by atoms with van der Waals surface area (Å²) in [6.07, 6.45) is 1.76. The lowest BCUT2D eigenvalue weighted by Crippen LogP contribution is -2.38. The first-order valence-electron chi connectivity index (χ1n) is 7.94. The molecule has 25 heavy (non-hydrogen) atoms. The highest BCUT2D eigenvalue weighted by molar-refractivity contribution is 5.97. The van der Waals surface area contributed by atoms with Crippen molar-refractivity contribution in [3.8, 4) is 0 Å². The highest BCUT2D eigenvalue weighted by atomic mass is 16.6. The quantitative estimate of drug-likeness (QED) is 0.643. The van der Waals surface area contributed by atoms with Gasteiger partial charge in [0.05, 0.1) is 17.5 Å². The Hall–Kier alpha value is -3.22. The number of carbonyl (C=O) groups is 2. The molecule has 1 atom stereocenters. The van der Waals surface area contributed by atoms with E-state index in [-0.39, 0.29) is 29.7 Å². The number of benzene rings is 2. The van der Waals surface area contributed by atoms with Crippen LogP contribution < -0.4 is 10.6 Å². The van der Waals surface area contributed by atoms with E-state index in [1.165, 1.54) is 29.8 Å². The van der Waals surface area contributed by atoms with E-state index in [9.17, 15) is 19.7 Å². The Balaban J connectivity index is 1.55. The third-order valence-electron chi connectivity index (χ3n) is 4.20. The van der Waals surface area contributed by atoms with Crippen molar-refractivity contribution >= 4 is 17.5 Å². The molecule has 0 bridgehead atoms. The summed E-state index contributed by atoms with van der Waals surface area (Å²) in [4.78, 5) is 34.3. The predicted octanol–water partition coefficient (Wildman–Crippen LogP) is 2.13. The van der Waals surface area contributed by atoms with Crippen molar-refractivity contribution in [2.75, 3.05) is 6.54 Å². The van der Waals surface area contributed by atoms with Crippen molar-refractivity contribution in [2.24, 2.45) is 0 Å². The molecule has 0 spiro atoms. The van der Waals surface area contributed by atoms with Crippen LogP contribution in [0.1, 0.15) is 33.9 Å². The van der Waals surface area contributed by atoms with Crippen LogP contribution in [0.4, 0.5) is 5.69 Å². The number of non-ortho nitro benzene ring substituents is 1. The van der Waals surface area contributed by atoms with Gasteiger partial charge in [0.1, 0.15) is 0 Å². The minimum Gasteiger partial charge on any atom is -0.348 e. The minimum atomic E-state index is -0.568. The van der Waals surface area contributed by atoms with Crippen LogP contribution >= 0.6 is 0 Å². The highest BCUT2D eigenvalue weighted by Gasteiger charge is 2.23. The van der Waals surface area contributed by atoms with E-state index >= 15 is 0 Å². The standard InChI is InChI=1S/C18H17N3O4/c22-17(20-16-9-8-12-4-1-2-7-15(12)16)11-19-18(23)13-5-3-6-14(10-13)21(24)25/h1-7,10,16H,8-9,11H2,(H,19,23)(H,20,22). The Morgan fingerprint density at radius 3 is 2.76 bits per heavy atom. The fourth-order valence-electron chi connectivity index (χ4n) is 2.98. The van der Waals surface area contributed by atoms with Crippen molar-refractivity contribution in [3.05, 3.63) is 75.3 Å². The Kier molecular flexibility index (Phi) is 4.74. The van der Waals surface area contributed by atoms with Crippen LogP contribution in [0.25, 0.3) is 0 Å². The van der Waals surface area contributed by atoms with E-state index in [1.807, 2.05) is 24.3 Å². The number of carbonyl (C=O) groups excluding carboxylic acids is 2. The number of nitrogens with one attached hydrogen (secondary N) is 2. The average molecular weight is 339 g/mol. The summed E-state index contributed by atoms with van der Waals surface area (Å²) in [5, 5.41) is 16.1. The third kappa shape index (κ3) is 3.82. The highest BCUT2D eigenvalue weighted by Crippen LogP contribution is 2.30. The fourth-order valence-corrected chi connectivity index (χ4v) is 2.98. The SMILES string of the molecule is O=C(CNC(=O)c1cccc([N+](=O)[O-])c1)NC1CCc2ccccc21. The summed E-state index contributed by atoms with van der Waals surface area (Å²) in [6.45, 7) is -0.180. The summed E-state index contributed by atoms with van der Waals surface area (Å²) in [5.74, 6) is -0.814. The van der Waals surface area contributed by atoms with Crippen LogP contribution in [0.5, 0.6) is 0 Å². The maximum Gasteiger partial charge on any atom is 0.270 e. The molecule has 2 amide bonds. The van der Waals surface area contributed by atoms with Crippen LogP contribution in [0.15, 0.2) is 48.5 Å². The zero-order chi connectivity index (χ0) is 17.8. The van der Waals surface area contributed by atoms with Gasteiger partial charge in [-0.3, -0.25) is 19.7 Å². The van der Waals surface area contributed by atoms with Crippen molar-refractivity contribution in [3.63, 3.8) is 0 Å². The molecular formula is C18H17N3O4. The van der Waals surface area contributed by atoms with E-state index in [1.54, 1.807) is 0 Å². The van der Waals surface area contributed by atoms with Crippen LogP contribution in [0.3, 0.4) is 0 Å². The molecule has 3 rings (SSSR count). The second-order valence-electron chi connectivity index (χ2n) is 5.85. The van der Waals surface area contributed by atoms with E-state index in [0.29, 0.717) is 0 Å². The van der Waals surface area contributed by atoms with E-state index in [0.717, 1.165) is 18.4 Å². The minimum absolute atomic E-state index is 0.0431. The average Bonchev–Trinajstić information content (AvgIpc) is 3.03. The Morgan fingerprint density at radius 2 is 1.96 bits per heavy atom. The van der Waals surface area contributed by atoms with Crippen LogP contribution in [0.2, 0.25) is 0 Å². The molecule has 0 aromatic heterocycles. The lowest BCUT2D eigenvalue weighted by Gasteiger charge is -2.14. The van der Waals surface area contributed by atoms with Crippen molar-refractivity contribution in [2.45, 2.75) is 18.9 Å². The molecule has 0 saturated heterocycles. The van der Waals surface area contributed by atoms with Crippen molar-refractivity contribution in [1.82, 2.24) is 10.6 Å². The van der Waals surface area contributed by atoms with Gasteiger partial charge in [0.2, 0.25) is 5.91 Å². The van der Waals surface area contributed by atoms with Gasteiger partial charge in [-0.25, -0.2) is 0 Å². The first-order chi connectivity index (χ1) is 12.0. The second-order valence-corrected chi connectivity index (χ2v) is 5.85. The normalized spacial score (nSPS) is 15.3. The number of nitro groups is 1. The third-order valence-corrected chi connectivity index (χ3v) is 4.20. The number of aryl methyl sites for hydroxylation is 1. The Labute approximate surface area is 144 Å². The lowest BCUT2D eigenvalue weighted by molar-refractivity contribution is -0.384.